The van der Waals surface area contributed by atoms with Gasteiger partial charge in [-0.2, -0.15) is 0 Å². The van der Waals surface area contributed by atoms with Gasteiger partial charge in [0.15, 0.2) is 0 Å². The predicted molar refractivity (Wildman–Crippen MR) is 84.0 cm³/mol. The van der Waals surface area contributed by atoms with Crippen molar-refractivity contribution in [3.8, 4) is 0 Å². The Bertz CT molecular complexity index is 190. The summed E-state index contributed by atoms with van der Waals surface area (Å²) in [5.74, 6) is 0.701. The molecule has 0 bridgehead atoms. The van der Waals surface area contributed by atoms with Crippen LogP contribution in [-0.2, 0) is 0 Å². The van der Waals surface area contributed by atoms with E-state index >= 15 is 0 Å². The van der Waals surface area contributed by atoms with Crippen LogP contribution in [0.1, 0.15) is 72.6 Å². The van der Waals surface area contributed by atoms with Crippen LogP contribution in [0.3, 0.4) is 0 Å². The van der Waals surface area contributed by atoms with Crippen molar-refractivity contribution in [2.75, 3.05) is 13.1 Å². The molecular formula is C17H35N. The summed E-state index contributed by atoms with van der Waals surface area (Å²) in [6, 6.07) is 0. The van der Waals surface area contributed by atoms with Gasteiger partial charge in [0.1, 0.15) is 0 Å². The molecule has 0 aromatic heterocycles. The van der Waals surface area contributed by atoms with Crippen LogP contribution >= 0.6 is 0 Å². The van der Waals surface area contributed by atoms with Gasteiger partial charge in [-0.05, 0) is 37.3 Å². The number of hydrogen-bond donors (Lipinski definition) is 1. The minimum Gasteiger partial charge on any atom is -0.316 e. The molecule has 0 aliphatic heterocycles. The second-order valence-corrected chi connectivity index (χ2v) is 6.86. The molecule has 108 valence electrons. The summed E-state index contributed by atoms with van der Waals surface area (Å²) in [6.07, 6.45) is 11.7. The van der Waals surface area contributed by atoms with E-state index in [-0.39, 0.29) is 0 Å². The standard InChI is InChI=1S/C17H35N/c1-6-16(2)13-11-9-7-8-10-12-14-18-15-17(3,4)5/h6,16,18H,1,7-15H2,2-5H3. The Hall–Kier alpha value is -0.300. The second kappa shape index (κ2) is 10.6. The molecule has 0 amide bonds. The zero-order chi connectivity index (χ0) is 13.9. The number of hydrogen-bond acceptors (Lipinski definition) is 1. The van der Waals surface area contributed by atoms with Crippen LogP contribution in [0.2, 0.25) is 0 Å². The molecule has 0 aliphatic carbocycles. The topological polar surface area (TPSA) is 12.0 Å². The van der Waals surface area contributed by atoms with E-state index in [0.29, 0.717) is 11.3 Å². The van der Waals surface area contributed by atoms with Gasteiger partial charge in [0.05, 0.1) is 0 Å². The van der Waals surface area contributed by atoms with Gasteiger partial charge in [-0.3, -0.25) is 0 Å². The van der Waals surface area contributed by atoms with Crippen molar-refractivity contribution in [3.63, 3.8) is 0 Å². The van der Waals surface area contributed by atoms with Gasteiger partial charge in [-0.15, -0.1) is 6.58 Å². The zero-order valence-electron chi connectivity index (χ0n) is 13.2. The van der Waals surface area contributed by atoms with Gasteiger partial charge in [-0.1, -0.05) is 65.9 Å². The monoisotopic (exact) mass is 253 g/mol. The Labute approximate surface area is 115 Å². The van der Waals surface area contributed by atoms with Crippen LogP contribution < -0.4 is 5.32 Å². The van der Waals surface area contributed by atoms with Gasteiger partial charge in [0.2, 0.25) is 0 Å². The molecule has 0 heterocycles. The third-order valence-corrected chi connectivity index (χ3v) is 3.32. The molecule has 0 saturated carbocycles. The number of allylic oxidation sites excluding steroid dienone is 1. The summed E-state index contributed by atoms with van der Waals surface area (Å²) in [5.41, 5.74) is 0.418. The molecule has 0 fully saturated rings. The molecule has 0 aliphatic rings. The number of nitrogens with one attached hydrogen (secondary N) is 1. The fraction of sp³-hybridized carbons (Fsp3) is 0.882. The van der Waals surface area contributed by atoms with E-state index in [9.17, 15) is 0 Å². The third-order valence-electron chi connectivity index (χ3n) is 3.32. The van der Waals surface area contributed by atoms with E-state index < -0.39 is 0 Å². The first-order valence-corrected chi connectivity index (χ1v) is 7.79. The first-order valence-electron chi connectivity index (χ1n) is 7.79. The van der Waals surface area contributed by atoms with E-state index in [1.807, 2.05) is 0 Å². The van der Waals surface area contributed by atoms with Crippen LogP contribution in [-0.4, -0.2) is 13.1 Å². The maximum atomic E-state index is 3.83. The first-order chi connectivity index (χ1) is 8.45. The van der Waals surface area contributed by atoms with Crippen molar-refractivity contribution in [3.05, 3.63) is 12.7 Å². The maximum Gasteiger partial charge on any atom is -0.0000126 e. The van der Waals surface area contributed by atoms with Crippen molar-refractivity contribution >= 4 is 0 Å². The van der Waals surface area contributed by atoms with Gasteiger partial charge >= 0.3 is 0 Å². The Morgan fingerprint density at radius 1 is 1.00 bits per heavy atom. The number of rotatable bonds is 11. The average molecular weight is 253 g/mol. The average Bonchev–Trinajstić information content (AvgIpc) is 2.29. The van der Waals surface area contributed by atoms with E-state index in [1.54, 1.807) is 0 Å². The fourth-order valence-electron chi connectivity index (χ4n) is 2.00. The van der Waals surface area contributed by atoms with Gasteiger partial charge < -0.3 is 5.32 Å². The first kappa shape index (κ1) is 17.7. The van der Waals surface area contributed by atoms with Gasteiger partial charge in [0, 0.05) is 0 Å². The molecule has 0 saturated heterocycles. The smallest absolute Gasteiger partial charge is 0.0000126 e. The Morgan fingerprint density at radius 3 is 2.11 bits per heavy atom. The van der Waals surface area contributed by atoms with Crippen molar-refractivity contribution in [1.29, 1.82) is 0 Å². The second-order valence-electron chi connectivity index (χ2n) is 6.86. The van der Waals surface area contributed by atoms with Crippen molar-refractivity contribution in [1.82, 2.24) is 5.32 Å². The van der Waals surface area contributed by atoms with Crippen LogP contribution in [0.15, 0.2) is 12.7 Å². The van der Waals surface area contributed by atoms with Crippen LogP contribution in [0.5, 0.6) is 0 Å². The molecule has 0 rings (SSSR count). The highest BCUT2D eigenvalue weighted by atomic mass is 14.9. The Balaban J connectivity index is 3.10. The maximum absolute atomic E-state index is 3.83. The molecule has 0 spiro atoms. The Kier molecular flexibility index (Phi) is 10.4. The summed E-state index contributed by atoms with van der Waals surface area (Å²) in [5, 5.41) is 3.54. The summed E-state index contributed by atoms with van der Waals surface area (Å²) in [7, 11) is 0. The Morgan fingerprint density at radius 2 is 1.56 bits per heavy atom. The molecule has 0 radical (unpaired) electrons. The van der Waals surface area contributed by atoms with Crippen molar-refractivity contribution < 1.29 is 0 Å². The molecule has 0 aromatic rings. The highest BCUT2D eigenvalue weighted by Crippen LogP contribution is 2.13. The lowest BCUT2D eigenvalue weighted by Crippen LogP contribution is -2.27. The fourth-order valence-corrected chi connectivity index (χ4v) is 2.00. The summed E-state index contributed by atoms with van der Waals surface area (Å²) in [4.78, 5) is 0. The van der Waals surface area contributed by atoms with Crippen LogP contribution in [0, 0.1) is 11.3 Å². The van der Waals surface area contributed by atoms with Crippen LogP contribution in [0.25, 0.3) is 0 Å². The summed E-state index contributed by atoms with van der Waals surface area (Å²) < 4.78 is 0. The third kappa shape index (κ3) is 13.8. The zero-order valence-corrected chi connectivity index (χ0v) is 13.2. The molecule has 18 heavy (non-hydrogen) atoms. The molecule has 1 unspecified atom stereocenters. The molecule has 1 nitrogen and oxygen atoms in total. The molecule has 0 aromatic carbocycles. The normalized spacial score (nSPS) is 13.6. The number of unbranched alkanes of at least 4 members (excludes halogenated alkanes) is 5. The van der Waals surface area contributed by atoms with Crippen molar-refractivity contribution in [2.24, 2.45) is 11.3 Å². The summed E-state index contributed by atoms with van der Waals surface area (Å²) >= 11 is 0. The van der Waals surface area contributed by atoms with Crippen molar-refractivity contribution in [2.45, 2.75) is 72.6 Å². The largest absolute Gasteiger partial charge is 0.316 e. The lowest BCUT2D eigenvalue weighted by molar-refractivity contribution is 0.377. The highest BCUT2D eigenvalue weighted by Gasteiger charge is 2.07. The predicted octanol–water partition coefficient (Wildman–Crippen LogP) is 5.17. The van der Waals surface area contributed by atoms with Gasteiger partial charge in [-0.25, -0.2) is 0 Å². The quantitative estimate of drug-likeness (QED) is 0.395. The minimum absolute atomic E-state index is 0.418. The van der Waals surface area contributed by atoms with E-state index in [1.165, 1.54) is 51.5 Å². The minimum atomic E-state index is 0.418. The van der Waals surface area contributed by atoms with E-state index in [2.05, 4.69) is 45.7 Å². The molecule has 1 heteroatoms. The molecule has 1 N–H and O–H groups in total. The SMILES string of the molecule is C=CC(C)CCCCCCCCNCC(C)(C)C. The van der Waals surface area contributed by atoms with Gasteiger partial charge in [0.25, 0.3) is 0 Å². The molecular weight excluding hydrogens is 218 g/mol. The van der Waals surface area contributed by atoms with E-state index in [4.69, 9.17) is 0 Å². The highest BCUT2D eigenvalue weighted by molar-refractivity contribution is 4.74. The summed E-state index contributed by atoms with van der Waals surface area (Å²) in [6.45, 7) is 15.2. The molecule has 1 atom stereocenters. The van der Waals surface area contributed by atoms with Crippen LogP contribution in [0.4, 0.5) is 0 Å². The lowest BCUT2D eigenvalue weighted by Gasteiger charge is -2.18. The van der Waals surface area contributed by atoms with E-state index in [0.717, 1.165) is 6.54 Å². The lowest BCUT2D eigenvalue weighted by atomic mass is 9.97.